The number of carbonyl (C=O) groups is 1. The van der Waals surface area contributed by atoms with Crippen molar-refractivity contribution in [2.24, 2.45) is 5.73 Å². The summed E-state index contributed by atoms with van der Waals surface area (Å²) in [5, 5.41) is 23.4. The number of hydrogen-bond donors (Lipinski definition) is 1. The summed E-state index contributed by atoms with van der Waals surface area (Å²) in [4.78, 5) is 12.4. The van der Waals surface area contributed by atoms with Crippen molar-refractivity contribution < 1.29 is 4.79 Å². The lowest BCUT2D eigenvalue weighted by atomic mass is 10.2. The first-order chi connectivity index (χ1) is 10.7. The van der Waals surface area contributed by atoms with Crippen LogP contribution in [0.2, 0.25) is 0 Å². The second kappa shape index (κ2) is 6.08. The minimum absolute atomic E-state index is 0.0532. The number of rotatable bonds is 6. The molecule has 3 rings (SSSR count). The van der Waals surface area contributed by atoms with Gasteiger partial charge in [0.2, 0.25) is 11.7 Å². The number of nitrogens with zero attached hydrogens (tertiary/aromatic N) is 8. The van der Waals surface area contributed by atoms with Crippen LogP contribution in [0.4, 0.5) is 0 Å². The van der Waals surface area contributed by atoms with Crippen LogP contribution in [0.5, 0.6) is 0 Å². The van der Waals surface area contributed by atoms with Gasteiger partial charge in [-0.1, -0.05) is 30.3 Å². The van der Waals surface area contributed by atoms with Gasteiger partial charge in [0.15, 0.2) is 5.82 Å². The molecule has 2 heterocycles. The first kappa shape index (κ1) is 13.8. The number of hydrogen-bond acceptors (Lipinski definition) is 7. The molecular formula is C12H13N9O. The van der Waals surface area contributed by atoms with Gasteiger partial charge in [0.05, 0.1) is 6.54 Å². The van der Waals surface area contributed by atoms with E-state index < -0.39 is 5.91 Å². The summed E-state index contributed by atoms with van der Waals surface area (Å²) in [6.45, 7) is 0.390. The third kappa shape index (κ3) is 3.11. The molecule has 0 aliphatic rings. The molecular weight excluding hydrogens is 286 g/mol. The van der Waals surface area contributed by atoms with Crippen LogP contribution < -0.4 is 5.73 Å². The fourth-order valence-electron chi connectivity index (χ4n) is 1.91. The molecule has 0 unspecified atom stereocenters. The molecule has 0 spiro atoms. The van der Waals surface area contributed by atoms with E-state index in [1.54, 1.807) is 0 Å². The van der Waals surface area contributed by atoms with Crippen LogP contribution in [-0.4, -0.2) is 46.3 Å². The third-order valence-electron chi connectivity index (χ3n) is 2.93. The van der Waals surface area contributed by atoms with Crippen molar-refractivity contribution in [3.05, 3.63) is 36.2 Å². The van der Waals surface area contributed by atoms with Crippen molar-refractivity contribution in [1.82, 2.24) is 40.4 Å². The lowest BCUT2D eigenvalue weighted by molar-refractivity contribution is -0.118. The highest BCUT2D eigenvalue weighted by Gasteiger charge is 2.10. The largest absolute Gasteiger partial charge is 0.368 e. The van der Waals surface area contributed by atoms with Gasteiger partial charge in [-0.05, 0) is 15.6 Å². The van der Waals surface area contributed by atoms with Crippen LogP contribution in [0.25, 0.3) is 11.4 Å². The van der Waals surface area contributed by atoms with E-state index in [1.807, 2.05) is 30.3 Å². The van der Waals surface area contributed by atoms with E-state index in [0.29, 0.717) is 24.6 Å². The first-order valence-corrected chi connectivity index (χ1v) is 6.59. The number of nitrogens with two attached hydrogens (primary N) is 1. The second-order valence-corrected chi connectivity index (χ2v) is 4.54. The SMILES string of the molecule is NC(=O)Cn1nnnc1CCn1nnc(-c2ccccc2)n1. The van der Waals surface area contributed by atoms with Crippen LogP contribution in [0.3, 0.4) is 0 Å². The van der Waals surface area contributed by atoms with Crippen molar-refractivity contribution in [2.75, 3.05) is 0 Å². The van der Waals surface area contributed by atoms with E-state index in [2.05, 4.69) is 30.9 Å². The van der Waals surface area contributed by atoms with Crippen LogP contribution in [0.1, 0.15) is 5.82 Å². The van der Waals surface area contributed by atoms with Crippen molar-refractivity contribution >= 4 is 5.91 Å². The van der Waals surface area contributed by atoms with E-state index >= 15 is 0 Å². The Labute approximate surface area is 124 Å². The van der Waals surface area contributed by atoms with Gasteiger partial charge in [-0.2, -0.15) is 4.80 Å². The monoisotopic (exact) mass is 299 g/mol. The zero-order chi connectivity index (χ0) is 15.4. The smallest absolute Gasteiger partial charge is 0.239 e. The molecule has 2 aromatic heterocycles. The number of amides is 1. The summed E-state index contributed by atoms with van der Waals surface area (Å²) >= 11 is 0. The quantitative estimate of drug-likeness (QED) is 0.621. The Morgan fingerprint density at radius 2 is 1.95 bits per heavy atom. The molecule has 1 amide bonds. The van der Waals surface area contributed by atoms with Crippen molar-refractivity contribution in [3.63, 3.8) is 0 Å². The van der Waals surface area contributed by atoms with Gasteiger partial charge in [-0.3, -0.25) is 4.79 Å². The van der Waals surface area contributed by atoms with Gasteiger partial charge in [0.25, 0.3) is 0 Å². The average molecular weight is 299 g/mol. The summed E-state index contributed by atoms with van der Waals surface area (Å²) in [6.07, 6.45) is 0.463. The van der Waals surface area contributed by atoms with Crippen molar-refractivity contribution in [2.45, 2.75) is 19.5 Å². The zero-order valence-electron chi connectivity index (χ0n) is 11.6. The Morgan fingerprint density at radius 1 is 1.14 bits per heavy atom. The predicted molar refractivity (Wildman–Crippen MR) is 74.0 cm³/mol. The molecule has 0 saturated carbocycles. The molecule has 10 heteroatoms. The van der Waals surface area contributed by atoms with Gasteiger partial charge in [0, 0.05) is 12.0 Å². The summed E-state index contributed by atoms with van der Waals surface area (Å²) < 4.78 is 1.36. The molecule has 22 heavy (non-hydrogen) atoms. The van der Waals surface area contributed by atoms with Gasteiger partial charge in [-0.15, -0.1) is 15.3 Å². The maximum atomic E-state index is 10.9. The first-order valence-electron chi connectivity index (χ1n) is 6.59. The highest BCUT2D eigenvalue weighted by Crippen LogP contribution is 2.11. The summed E-state index contributed by atoms with van der Waals surface area (Å²) in [5.41, 5.74) is 6.03. The summed E-state index contributed by atoms with van der Waals surface area (Å²) in [5.74, 6) is 0.591. The molecule has 0 atom stereocenters. The fourth-order valence-corrected chi connectivity index (χ4v) is 1.91. The maximum Gasteiger partial charge on any atom is 0.239 e. The maximum absolute atomic E-state index is 10.9. The van der Waals surface area contributed by atoms with Crippen LogP contribution in [0.15, 0.2) is 30.3 Å². The number of primary amides is 1. The van der Waals surface area contributed by atoms with Crippen LogP contribution in [0, 0.1) is 0 Å². The Morgan fingerprint density at radius 3 is 2.73 bits per heavy atom. The van der Waals surface area contributed by atoms with Gasteiger partial charge in [0.1, 0.15) is 6.54 Å². The number of aromatic nitrogens is 8. The number of aryl methyl sites for hydroxylation is 2. The number of benzene rings is 1. The lowest BCUT2D eigenvalue weighted by Crippen LogP contribution is -2.21. The van der Waals surface area contributed by atoms with Crippen molar-refractivity contribution in [1.29, 1.82) is 0 Å². The zero-order valence-corrected chi connectivity index (χ0v) is 11.6. The van der Waals surface area contributed by atoms with E-state index in [0.717, 1.165) is 5.56 Å². The standard InChI is InChI=1S/C12H13N9O/c13-10(22)8-20-11(14-17-19-20)6-7-21-16-12(15-18-21)9-4-2-1-3-5-9/h1-5H,6-8H2,(H2,13,22). The Hall–Kier alpha value is -3.17. The molecule has 0 saturated heterocycles. The van der Waals surface area contributed by atoms with E-state index in [-0.39, 0.29) is 6.54 Å². The van der Waals surface area contributed by atoms with E-state index in [1.165, 1.54) is 9.48 Å². The molecule has 112 valence electrons. The highest BCUT2D eigenvalue weighted by atomic mass is 16.1. The molecule has 1 aromatic carbocycles. The number of tetrazole rings is 2. The Kier molecular flexibility index (Phi) is 3.81. The lowest BCUT2D eigenvalue weighted by Gasteiger charge is -2.01. The highest BCUT2D eigenvalue weighted by molar-refractivity contribution is 5.73. The van der Waals surface area contributed by atoms with Crippen LogP contribution in [-0.2, 0) is 24.3 Å². The van der Waals surface area contributed by atoms with E-state index in [9.17, 15) is 4.79 Å². The molecule has 0 radical (unpaired) electrons. The molecule has 0 aliphatic heterocycles. The normalized spacial score (nSPS) is 10.7. The Bertz CT molecular complexity index is 764. The second-order valence-electron chi connectivity index (χ2n) is 4.54. The third-order valence-corrected chi connectivity index (χ3v) is 2.93. The predicted octanol–water partition coefficient (Wildman–Crippen LogP) is -0.945. The van der Waals surface area contributed by atoms with Gasteiger partial charge < -0.3 is 5.73 Å². The molecule has 10 nitrogen and oxygen atoms in total. The van der Waals surface area contributed by atoms with Crippen LogP contribution >= 0.6 is 0 Å². The average Bonchev–Trinajstić information content (AvgIpc) is 3.15. The number of carbonyl (C=O) groups excluding carboxylic acids is 1. The van der Waals surface area contributed by atoms with Gasteiger partial charge >= 0.3 is 0 Å². The molecule has 0 aliphatic carbocycles. The molecule has 0 bridgehead atoms. The Balaban J connectivity index is 1.67. The van der Waals surface area contributed by atoms with E-state index in [4.69, 9.17) is 5.73 Å². The fraction of sp³-hybridized carbons (Fsp3) is 0.250. The summed E-state index contributed by atoms with van der Waals surface area (Å²) in [7, 11) is 0. The molecule has 0 fully saturated rings. The molecule has 3 aromatic rings. The molecule has 2 N–H and O–H groups in total. The minimum atomic E-state index is -0.501. The van der Waals surface area contributed by atoms with Gasteiger partial charge in [-0.25, -0.2) is 4.68 Å². The topological polar surface area (TPSA) is 130 Å². The minimum Gasteiger partial charge on any atom is -0.368 e. The summed E-state index contributed by atoms with van der Waals surface area (Å²) in [6, 6.07) is 9.57. The van der Waals surface area contributed by atoms with Crippen molar-refractivity contribution in [3.8, 4) is 11.4 Å².